The van der Waals surface area contributed by atoms with E-state index in [-0.39, 0.29) is 34.7 Å². The number of anilines is 2. The Hall–Kier alpha value is -4.30. The zero-order chi connectivity index (χ0) is 31.1. The van der Waals surface area contributed by atoms with Crippen LogP contribution < -0.4 is 9.80 Å². The molecule has 44 heavy (non-hydrogen) atoms. The molecule has 3 fully saturated rings. The number of hydrogen-bond acceptors (Lipinski definition) is 5. The number of carbonyl (C=O) groups is 4. The van der Waals surface area contributed by atoms with Gasteiger partial charge in [-0.3, -0.25) is 24.1 Å². The Morgan fingerprint density at radius 1 is 0.909 bits per heavy atom. The standard InChI is InChI=1S/C35H30ClFN2O5/c1-3-18-7-9-20(10-8-18)38-31(41)24-13-12-23-25(29(24)33(38)43)17-26-32(42)39(21-11-14-28(37)27(36)16-21)34(44)35(26,2)30(23)19-5-4-6-22(40)15-19/h4-12,14-16,24-26,29-30,40H,3,13,17H2,1-2H3/t24-,25+,26-,29-,30-,35+/m0/s1. The van der Waals surface area contributed by atoms with Gasteiger partial charge in [0.2, 0.25) is 23.6 Å². The van der Waals surface area contributed by atoms with E-state index in [0.29, 0.717) is 17.7 Å². The topological polar surface area (TPSA) is 95.0 Å². The van der Waals surface area contributed by atoms with E-state index in [0.717, 1.165) is 28.5 Å². The van der Waals surface area contributed by atoms with Gasteiger partial charge in [-0.05, 0) is 85.7 Å². The normalized spacial score (nSPS) is 29.5. The Bertz CT molecular complexity index is 1790. The number of nitrogens with zero attached hydrogens (tertiary/aromatic N) is 2. The Morgan fingerprint density at radius 2 is 1.64 bits per heavy atom. The number of benzene rings is 3. The summed E-state index contributed by atoms with van der Waals surface area (Å²) >= 11 is 6.05. The summed E-state index contributed by atoms with van der Waals surface area (Å²) in [7, 11) is 0. The molecule has 7 rings (SSSR count). The van der Waals surface area contributed by atoms with Gasteiger partial charge in [0, 0.05) is 5.92 Å². The molecule has 0 aromatic heterocycles. The van der Waals surface area contributed by atoms with E-state index < -0.39 is 52.6 Å². The number of carbonyl (C=O) groups excluding carboxylic acids is 4. The number of aromatic hydroxyl groups is 1. The quantitative estimate of drug-likeness (QED) is 0.280. The molecule has 0 unspecified atom stereocenters. The number of fused-ring (bicyclic) bond motifs is 4. The zero-order valence-corrected chi connectivity index (χ0v) is 24.9. The van der Waals surface area contributed by atoms with E-state index in [9.17, 15) is 28.7 Å². The summed E-state index contributed by atoms with van der Waals surface area (Å²) in [5.41, 5.74) is 1.95. The molecule has 0 bridgehead atoms. The summed E-state index contributed by atoms with van der Waals surface area (Å²) in [5.74, 6) is -5.43. The second-order valence-electron chi connectivity index (χ2n) is 12.4. The van der Waals surface area contributed by atoms with Gasteiger partial charge in [0.15, 0.2) is 0 Å². The molecule has 0 radical (unpaired) electrons. The van der Waals surface area contributed by atoms with Crippen LogP contribution in [0.2, 0.25) is 5.02 Å². The maximum atomic E-state index is 14.4. The maximum Gasteiger partial charge on any atom is 0.241 e. The monoisotopic (exact) mass is 612 g/mol. The van der Waals surface area contributed by atoms with Crippen LogP contribution in [0.5, 0.6) is 5.75 Å². The molecule has 9 heteroatoms. The van der Waals surface area contributed by atoms with Gasteiger partial charge in [0.25, 0.3) is 0 Å². The number of aryl methyl sites for hydroxylation is 1. The van der Waals surface area contributed by atoms with Gasteiger partial charge < -0.3 is 5.11 Å². The smallest absolute Gasteiger partial charge is 0.241 e. The summed E-state index contributed by atoms with van der Waals surface area (Å²) in [6.45, 7) is 3.79. The largest absolute Gasteiger partial charge is 0.508 e. The lowest BCUT2D eigenvalue weighted by Gasteiger charge is -2.49. The molecule has 224 valence electrons. The number of rotatable bonds is 4. The number of hydrogen-bond donors (Lipinski definition) is 1. The van der Waals surface area contributed by atoms with Gasteiger partial charge in [0.1, 0.15) is 11.6 Å². The van der Waals surface area contributed by atoms with Gasteiger partial charge in [-0.1, -0.05) is 54.4 Å². The lowest BCUT2D eigenvalue weighted by molar-refractivity contribution is -0.131. The summed E-state index contributed by atoms with van der Waals surface area (Å²) in [6, 6.07) is 17.7. The molecule has 4 amide bonds. The van der Waals surface area contributed by atoms with Crippen molar-refractivity contribution in [2.75, 3.05) is 9.80 Å². The van der Waals surface area contributed by atoms with Crippen molar-refractivity contribution in [1.82, 2.24) is 0 Å². The molecule has 1 saturated carbocycles. The van der Waals surface area contributed by atoms with E-state index in [1.165, 1.54) is 23.1 Å². The van der Waals surface area contributed by atoms with Gasteiger partial charge >= 0.3 is 0 Å². The third-order valence-corrected chi connectivity index (χ3v) is 10.5. The van der Waals surface area contributed by atoms with Gasteiger partial charge in [-0.2, -0.15) is 0 Å². The number of allylic oxidation sites excluding steroid dienone is 2. The first-order valence-corrected chi connectivity index (χ1v) is 15.2. The predicted molar refractivity (Wildman–Crippen MR) is 162 cm³/mol. The number of halogens is 2. The Kier molecular flexibility index (Phi) is 6.55. The molecule has 3 aromatic rings. The second-order valence-corrected chi connectivity index (χ2v) is 12.8. The lowest BCUT2D eigenvalue weighted by Crippen LogP contribution is -2.48. The molecule has 2 aliphatic carbocycles. The highest BCUT2D eigenvalue weighted by Gasteiger charge is 2.67. The van der Waals surface area contributed by atoms with Crippen molar-refractivity contribution < 1.29 is 28.7 Å². The first kappa shape index (κ1) is 28.5. The number of imide groups is 2. The molecule has 2 aliphatic heterocycles. The summed E-state index contributed by atoms with van der Waals surface area (Å²) < 4.78 is 14.0. The molecule has 2 heterocycles. The van der Waals surface area contributed by atoms with Gasteiger partial charge in [-0.15, -0.1) is 0 Å². The molecule has 2 saturated heterocycles. The molecular weight excluding hydrogens is 583 g/mol. The van der Waals surface area contributed by atoms with Crippen LogP contribution in [0.1, 0.15) is 43.7 Å². The van der Waals surface area contributed by atoms with Gasteiger partial charge in [0.05, 0.1) is 39.6 Å². The average Bonchev–Trinajstić information content (AvgIpc) is 3.38. The highest BCUT2D eigenvalue weighted by molar-refractivity contribution is 6.32. The first-order valence-electron chi connectivity index (χ1n) is 14.8. The van der Waals surface area contributed by atoms with Crippen LogP contribution >= 0.6 is 11.6 Å². The molecule has 3 aromatic carbocycles. The molecule has 6 atom stereocenters. The minimum atomic E-state index is -1.28. The van der Waals surface area contributed by atoms with E-state index in [2.05, 4.69) is 0 Å². The second kappa shape index (κ2) is 10.1. The van der Waals surface area contributed by atoms with Gasteiger partial charge in [-0.25, -0.2) is 9.29 Å². The van der Waals surface area contributed by atoms with Crippen molar-refractivity contribution in [3.8, 4) is 5.75 Å². The van der Waals surface area contributed by atoms with Crippen molar-refractivity contribution >= 4 is 46.6 Å². The minimum absolute atomic E-state index is 0.00632. The highest BCUT2D eigenvalue weighted by atomic mass is 35.5. The lowest BCUT2D eigenvalue weighted by atomic mass is 9.51. The fourth-order valence-electron chi connectivity index (χ4n) is 8.11. The van der Waals surface area contributed by atoms with E-state index >= 15 is 0 Å². The molecule has 7 nitrogen and oxygen atoms in total. The van der Waals surface area contributed by atoms with Crippen molar-refractivity contribution in [2.24, 2.45) is 29.1 Å². The minimum Gasteiger partial charge on any atom is -0.508 e. The molecule has 4 aliphatic rings. The van der Waals surface area contributed by atoms with Crippen LogP contribution in [0.4, 0.5) is 15.8 Å². The number of phenols is 1. The number of phenolic OH excluding ortho intramolecular Hbond substituents is 1. The molecule has 1 N–H and O–H groups in total. The first-order chi connectivity index (χ1) is 21.1. The summed E-state index contributed by atoms with van der Waals surface area (Å²) in [5, 5.41) is 10.2. The van der Waals surface area contributed by atoms with E-state index in [1.54, 1.807) is 37.3 Å². The Morgan fingerprint density at radius 3 is 2.32 bits per heavy atom. The summed E-state index contributed by atoms with van der Waals surface area (Å²) in [4.78, 5) is 58.8. The Balaban J connectivity index is 1.34. The maximum absolute atomic E-state index is 14.4. The van der Waals surface area contributed by atoms with Crippen molar-refractivity contribution in [3.63, 3.8) is 0 Å². The van der Waals surface area contributed by atoms with Crippen LogP contribution in [-0.4, -0.2) is 28.7 Å². The van der Waals surface area contributed by atoms with E-state index in [4.69, 9.17) is 11.6 Å². The summed E-state index contributed by atoms with van der Waals surface area (Å²) in [6.07, 6.45) is 3.30. The SMILES string of the molecule is CCc1ccc(N2C(=O)[C@H]3[C@H](CC=C4[C@H]3C[C@H]3C(=O)N(c5ccc(F)c(Cl)c5)C(=O)[C@@]3(C)[C@H]4c3cccc(O)c3)C2=O)cc1. The predicted octanol–water partition coefficient (Wildman–Crippen LogP) is 6.18. The fraction of sp³-hybridized carbons (Fsp3) is 0.314. The van der Waals surface area contributed by atoms with Crippen LogP contribution in [-0.2, 0) is 25.6 Å². The van der Waals surface area contributed by atoms with Crippen LogP contribution in [0.3, 0.4) is 0 Å². The third-order valence-electron chi connectivity index (χ3n) is 10.2. The fourth-order valence-corrected chi connectivity index (χ4v) is 8.28. The highest BCUT2D eigenvalue weighted by Crippen LogP contribution is 2.63. The molecule has 0 spiro atoms. The van der Waals surface area contributed by atoms with Crippen LogP contribution in [0.15, 0.2) is 78.4 Å². The van der Waals surface area contributed by atoms with E-state index in [1.807, 2.05) is 25.1 Å². The molecular formula is C35H30ClFN2O5. The zero-order valence-electron chi connectivity index (χ0n) is 24.2. The van der Waals surface area contributed by atoms with Crippen molar-refractivity contribution in [1.29, 1.82) is 0 Å². The van der Waals surface area contributed by atoms with Crippen LogP contribution in [0, 0.1) is 34.9 Å². The van der Waals surface area contributed by atoms with Crippen molar-refractivity contribution in [3.05, 3.63) is 100 Å². The average molecular weight is 613 g/mol. The van der Waals surface area contributed by atoms with Crippen molar-refractivity contribution in [2.45, 2.75) is 39.0 Å². The number of amides is 4. The Labute approximate surface area is 258 Å². The third kappa shape index (κ3) is 3.93. The van der Waals surface area contributed by atoms with Crippen LogP contribution in [0.25, 0.3) is 0 Å².